The van der Waals surface area contributed by atoms with E-state index in [1.54, 1.807) is 0 Å². The second-order valence-electron chi connectivity index (χ2n) is 7.67. The summed E-state index contributed by atoms with van der Waals surface area (Å²) in [5, 5.41) is 43.9. The molecule has 6 atom stereocenters. The summed E-state index contributed by atoms with van der Waals surface area (Å²) in [5.41, 5.74) is 6.03. The lowest BCUT2D eigenvalue weighted by atomic mass is 10.1. The fraction of sp³-hybridized carbons (Fsp3) is 0.579. The average molecular weight is 486 g/mol. The monoisotopic (exact) mass is 486 g/mol. The summed E-state index contributed by atoms with van der Waals surface area (Å²) >= 11 is 0. The average Bonchev–Trinajstić information content (AvgIpc) is 3.25. The first kappa shape index (κ1) is 28.5. The molecule has 0 aromatic carbocycles. The Balaban J connectivity index is 3.09. The highest BCUT2D eigenvalue weighted by atomic mass is 16.4. The van der Waals surface area contributed by atoms with Gasteiger partial charge in [0, 0.05) is 24.7 Å². The molecule has 190 valence electrons. The summed E-state index contributed by atoms with van der Waals surface area (Å²) in [4.78, 5) is 66.7. The number of carbonyl (C=O) groups is 5. The minimum absolute atomic E-state index is 0.122. The minimum Gasteiger partial charge on any atom is -0.481 e. The molecule has 0 aliphatic carbocycles. The van der Waals surface area contributed by atoms with Crippen LogP contribution in [0.25, 0.3) is 0 Å². The van der Waals surface area contributed by atoms with Crippen LogP contribution in [0.2, 0.25) is 0 Å². The number of hydrogen-bond donors (Lipinski definition) is 9. The zero-order valence-corrected chi connectivity index (χ0v) is 18.6. The molecule has 1 aromatic rings. The summed E-state index contributed by atoms with van der Waals surface area (Å²) in [6.45, 7) is 2.41. The van der Waals surface area contributed by atoms with Gasteiger partial charge in [-0.25, -0.2) is 9.78 Å². The third-order valence-electron chi connectivity index (χ3n) is 4.76. The molecular weight excluding hydrogens is 456 g/mol. The molecule has 0 saturated carbocycles. The van der Waals surface area contributed by atoms with Crippen molar-refractivity contribution in [3.8, 4) is 0 Å². The van der Waals surface area contributed by atoms with Crippen LogP contribution in [-0.4, -0.2) is 96.4 Å². The molecule has 1 aromatic heterocycles. The first-order valence-corrected chi connectivity index (χ1v) is 10.3. The van der Waals surface area contributed by atoms with E-state index in [4.69, 9.17) is 15.9 Å². The number of nitrogens with zero attached hydrogens (tertiary/aromatic N) is 1. The first-order valence-electron chi connectivity index (χ1n) is 10.3. The lowest BCUT2D eigenvalue weighted by molar-refractivity contribution is -0.145. The molecule has 0 saturated heterocycles. The van der Waals surface area contributed by atoms with Gasteiger partial charge >= 0.3 is 11.9 Å². The third kappa shape index (κ3) is 9.13. The van der Waals surface area contributed by atoms with Crippen molar-refractivity contribution in [1.29, 1.82) is 0 Å². The SMILES string of the molecule is CC(O)C(N)C(=O)NC(Cc1cnc[nH]1)C(=O)NC(CCC(=O)O)C(=O)NC(C(=O)O)C(C)O. The summed E-state index contributed by atoms with van der Waals surface area (Å²) in [5.74, 6) is -5.63. The number of imidazole rings is 1. The van der Waals surface area contributed by atoms with Gasteiger partial charge in [0.1, 0.15) is 18.1 Å². The van der Waals surface area contributed by atoms with Crippen molar-refractivity contribution in [2.75, 3.05) is 0 Å². The lowest BCUT2D eigenvalue weighted by Gasteiger charge is -2.25. The van der Waals surface area contributed by atoms with Crippen LogP contribution in [0.1, 0.15) is 32.4 Å². The highest BCUT2D eigenvalue weighted by Crippen LogP contribution is 2.05. The number of aromatic amines is 1. The summed E-state index contributed by atoms with van der Waals surface area (Å²) in [6.07, 6.45) is -1.06. The van der Waals surface area contributed by atoms with Gasteiger partial charge in [0.2, 0.25) is 17.7 Å². The molecule has 1 heterocycles. The summed E-state index contributed by atoms with van der Waals surface area (Å²) < 4.78 is 0. The van der Waals surface area contributed by atoms with Crippen LogP contribution in [0.3, 0.4) is 0 Å². The van der Waals surface area contributed by atoms with Gasteiger partial charge in [-0.2, -0.15) is 0 Å². The summed E-state index contributed by atoms with van der Waals surface area (Å²) in [7, 11) is 0. The Labute approximate surface area is 194 Å². The molecule has 34 heavy (non-hydrogen) atoms. The number of carbonyl (C=O) groups excluding carboxylic acids is 3. The van der Waals surface area contributed by atoms with Crippen LogP contribution in [0.4, 0.5) is 0 Å². The van der Waals surface area contributed by atoms with E-state index in [1.807, 2.05) is 0 Å². The molecule has 0 aliphatic rings. The van der Waals surface area contributed by atoms with E-state index in [1.165, 1.54) is 19.4 Å². The van der Waals surface area contributed by atoms with Crippen molar-refractivity contribution in [1.82, 2.24) is 25.9 Å². The standard InChI is InChI=1S/C19H30N6O9/c1-8(26)14(20)18(32)24-12(5-10-6-21-7-22-10)17(31)23-11(3-4-13(28)29)16(30)25-15(9(2)27)19(33)34/h6-9,11-12,14-15,26-27H,3-5,20H2,1-2H3,(H,21,22)(H,23,31)(H,24,32)(H,25,30)(H,28,29)(H,33,34). The number of aliphatic hydroxyl groups is 2. The van der Waals surface area contributed by atoms with Gasteiger partial charge in [-0.05, 0) is 20.3 Å². The van der Waals surface area contributed by atoms with Gasteiger partial charge in [0.15, 0.2) is 6.04 Å². The Morgan fingerprint density at radius 1 is 0.971 bits per heavy atom. The van der Waals surface area contributed by atoms with Crippen molar-refractivity contribution in [3.05, 3.63) is 18.2 Å². The van der Waals surface area contributed by atoms with Crippen molar-refractivity contribution < 1.29 is 44.4 Å². The quantitative estimate of drug-likeness (QED) is 0.124. The Morgan fingerprint density at radius 3 is 2.03 bits per heavy atom. The van der Waals surface area contributed by atoms with Crippen LogP contribution in [0, 0.1) is 0 Å². The maximum atomic E-state index is 13.0. The van der Waals surface area contributed by atoms with E-state index >= 15 is 0 Å². The van der Waals surface area contributed by atoms with Gasteiger partial charge in [0.25, 0.3) is 0 Å². The molecule has 10 N–H and O–H groups in total. The lowest BCUT2D eigenvalue weighted by Crippen LogP contribution is -2.59. The predicted molar refractivity (Wildman–Crippen MR) is 114 cm³/mol. The number of carboxylic acids is 2. The number of carboxylic acid groups (broad SMARTS) is 2. The number of nitrogens with two attached hydrogens (primary N) is 1. The highest BCUT2D eigenvalue weighted by molar-refractivity contribution is 5.94. The number of H-pyrrole nitrogens is 1. The number of amides is 3. The third-order valence-corrected chi connectivity index (χ3v) is 4.76. The molecule has 6 unspecified atom stereocenters. The molecule has 15 heteroatoms. The van der Waals surface area contributed by atoms with Crippen LogP contribution < -0.4 is 21.7 Å². The zero-order chi connectivity index (χ0) is 26.0. The normalized spacial score (nSPS) is 16.3. The van der Waals surface area contributed by atoms with Crippen molar-refractivity contribution in [2.45, 2.75) is 69.5 Å². The van der Waals surface area contributed by atoms with Gasteiger partial charge in [0.05, 0.1) is 18.5 Å². The second-order valence-corrected chi connectivity index (χ2v) is 7.67. The number of rotatable bonds is 14. The molecule has 15 nitrogen and oxygen atoms in total. The van der Waals surface area contributed by atoms with Crippen LogP contribution in [0.15, 0.2) is 12.5 Å². The number of nitrogens with one attached hydrogen (secondary N) is 4. The smallest absolute Gasteiger partial charge is 0.328 e. The molecular formula is C19H30N6O9. The van der Waals surface area contributed by atoms with Crippen LogP contribution >= 0.6 is 0 Å². The Hall–Kier alpha value is -3.56. The number of aliphatic hydroxyl groups excluding tert-OH is 2. The zero-order valence-electron chi connectivity index (χ0n) is 18.6. The van der Waals surface area contributed by atoms with Gasteiger partial charge in [-0.3, -0.25) is 19.2 Å². The fourth-order valence-corrected chi connectivity index (χ4v) is 2.76. The largest absolute Gasteiger partial charge is 0.481 e. The number of hydrogen-bond acceptors (Lipinski definition) is 9. The van der Waals surface area contributed by atoms with Crippen LogP contribution in [0.5, 0.6) is 0 Å². The van der Waals surface area contributed by atoms with Crippen LogP contribution in [-0.2, 0) is 30.4 Å². The maximum Gasteiger partial charge on any atom is 0.328 e. The van der Waals surface area contributed by atoms with Gasteiger partial charge in [-0.15, -0.1) is 0 Å². The topological polar surface area (TPSA) is 257 Å². The van der Waals surface area contributed by atoms with E-state index in [0.717, 1.165) is 6.92 Å². The van der Waals surface area contributed by atoms with E-state index in [9.17, 15) is 34.2 Å². The molecule has 0 fully saturated rings. The number of aliphatic carboxylic acids is 2. The Morgan fingerprint density at radius 2 is 1.56 bits per heavy atom. The van der Waals surface area contributed by atoms with E-state index in [0.29, 0.717) is 5.69 Å². The minimum atomic E-state index is -1.71. The molecule has 0 bridgehead atoms. The van der Waals surface area contributed by atoms with Crippen molar-refractivity contribution in [3.63, 3.8) is 0 Å². The van der Waals surface area contributed by atoms with E-state index < -0.39 is 78.9 Å². The molecule has 0 spiro atoms. The predicted octanol–water partition coefficient (Wildman–Crippen LogP) is -3.56. The Bertz CT molecular complexity index is 858. The molecule has 0 radical (unpaired) electrons. The van der Waals surface area contributed by atoms with E-state index in [2.05, 4.69) is 25.9 Å². The molecule has 0 aliphatic heterocycles. The summed E-state index contributed by atoms with van der Waals surface area (Å²) in [6, 6.07) is -5.88. The highest BCUT2D eigenvalue weighted by Gasteiger charge is 2.32. The number of aromatic nitrogens is 2. The first-order chi connectivity index (χ1) is 15.8. The molecule has 1 rings (SSSR count). The van der Waals surface area contributed by atoms with Crippen molar-refractivity contribution >= 4 is 29.7 Å². The Kier molecular flexibility index (Phi) is 11.1. The second kappa shape index (κ2) is 13.2. The fourth-order valence-electron chi connectivity index (χ4n) is 2.76. The van der Waals surface area contributed by atoms with Gasteiger partial charge in [-0.1, -0.05) is 0 Å². The van der Waals surface area contributed by atoms with Crippen molar-refractivity contribution in [2.24, 2.45) is 5.73 Å². The molecule has 3 amide bonds. The van der Waals surface area contributed by atoms with E-state index in [-0.39, 0.29) is 6.42 Å². The maximum absolute atomic E-state index is 13.0. The van der Waals surface area contributed by atoms with Gasteiger partial charge < -0.3 is 47.1 Å².